The Hall–Kier alpha value is -1.81. The van der Waals surface area contributed by atoms with Gasteiger partial charge in [-0.1, -0.05) is 12.1 Å². The number of hydrogen-bond donors (Lipinski definition) is 1. The van der Waals surface area contributed by atoms with Crippen LogP contribution in [0.15, 0.2) is 28.7 Å². The Bertz CT molecular complexity index is 770. The minimum atomic E-state index is -0.222. The number of halogens is 3. The van der Waals surface area contributed by atoms with Crippen molar-refractivity contribution in [3.05, 3.63) is 47.2 Å². The highest BCUT2D eigenvalue weighted by atomic mass is 35.5. The highest BCUT2D eigenvalue weighted by Gasteiger charge is 2.44. The van der Waals surface area contributed by atoms with E-state index in [1.165, 1.54) is 6.07 Å². The zero-order valence-electron chi connectivity index (χ0n) is 13.4. The largest absolute Gasteiger partial charge is 0.423 e. The highest BCUT2D eigenvalue weighted by molar-refractivity contribution is 5.85. The first-order chi connectivity index (χ1) is 11.3. The van der Waals surface area contributed by atoms with Crippen LogP contribution in [0.4, 0.5) is 10.3 Å². The molecule has 2 atom stereocenters. The molecular weight excluding hydrogens is 366 g/mol. The molecule has 1 aliphatic heterocycles. The van der Waals surface area contributed by atoms with Crippen molar-refractivity contribution >= 4 is 30.7 Å². The van der Waals surface area contributed by atoms with E-state index in [-0.39, 0.29) is 42.5 Å². The second-order valence-corrected chi connectivity index (χ2v) is 6.06. The molecule has 4 rings (SSSR count). The van der Waals surface area contributed by atoms with Crippen LogP contribution in [-0.4, -0.2) is 31.2 Å². The minimum absolute atomic E-state index is 0. The van der Waals surface area contributed by atoms with E-state index in [2.05, 4.69) is 21.3 Å². The number of piperazine rings is 1. The topological polar surface area (TPSA) is 65.1 Å². The van der Waals surface area contributed by atoms with E-state index in [1.807, 2.05) is 6.07 Å². The van der Waals surface area contributed by atoms with Crippen molar-refractivity contribution in [3.8, 4) is 6.07 Å². The number of rotatable bonds is 3. The van der Waals surface area contributed by atoms with Crippen LogP contribution in [0.25, 0.3) is 0 Å². The summed E-state index contributed by atoms with van der Waals surface area (Å²) in [7, 11) is 0. The Kier molecular flexibility index (Phi) is 6.28. The van der Waals surface area contributed by atoms with Crippen LogP contribution in [0.5, 0.6) is 0 Å². The van der Waals surface area contributed by atoms with Crippen LogP contribution in [0.1, 0.15) is 35.4 Å². The standard InChI is InChI=1S/C17H17FN4O.2ClH/c18-12-3-1-2-11(8-12)13-9-14(13)16-21-15(10-19)17(23-16)22-6-4-20-5-7-22;;/h1-3,8,13-14,20H,4-7,9H2;2*1H. The highest BCUT2D eigenvalue weighted by Crippen LogP contribution is 2.55. The average Bonchev–Trinajstić information content (AvgIpc) is 3.27. The van der Waals surface area contributed by atoms with Gasteiger partial charge in [0, 0.05) is 32.1 Å². The van der Waals surface area contributed by atoms with Crippen molar-refractivity contribution in [1.82, 2.24) is 10.3 Å². The molecule has 5 nitrogen and oxygen atoms in total. The number of benzene rings is 1. The predicted octanol–water partition coefficient (Wildman–Crippen LogP) is 3.21. The van der Waals surface area contributed by atoms with Gasteiger partial charge in [-0.05, 0) is 30.0 Å². The molecule has 2 aromatic rings. The molecule has 2 unspecified atom stereocenters. The van der Waals surface area contributed by atoms with E-state index in [0.29, 0.717) is 17.5 Å². The third kappa shape index (κ3) is 3.90. The van der Waals surface area contributed by atoms with Gasteiger partial charge in [-0.25, -0.2) is 9.37 Å². The molecule has 0 bridgehead atoms. The van der Waals surface area contributed by atoms with Crippen molar-refractivity contribution in [3.63, 3.8) is 0 Å². The number of nitriles is 1. The molecule has 1 aromatic carbocycles. The van der Waals surface area contributed by atoms with Crippen molar-refractivity contribution in [2.75, 3.05) is 31.1 Å². The molecule has 1 saturated heterocycles. The van der Waals surface area contributed by atoms with Gasteiger partial charge in [-0.15, -0.1) is 24.8 Å². The van der Waals surface area contributed by atoms with Crippen LogP contribution in [-0.2, 0) is 0 Å². The molecule has 1 aliphatic carbocycles. The molecule has 0 spiro atoms. The molecule has 0 radical (unpaired) electrons. The maximum atomic E-state index is 13.4. The van der Waals surface area contributed by atoms with Gasteiger partial charge in [0.25, 0.3) is 0 Å². The molecule has 2 aliphatic rings. The Morgan fingerprint density at radius 2 is 2.00 bits per heavy atom. The first-order valence-corrected chi connectivity index (χ1v) is 7.88. The molecule has 8 heteroatoms. The van der Waals surface area contributed by atoms with Gasteiger partial charge >= 0.3 is 0 Å². The van der Waals surface area contributed by atoms with Crippen LogP contribution in [0, 0.1) is 17.1 Å². The normalized spacial score (nSPS) is 21.7. The lowest BCUT2D eigenvalue weighted by atomic mass is 10.1. The molecule has 2 fully saturated rings. The summed E-state index contributed by atoms with van der Waals surface area (Å²) in [6.45, 7) is 3.36. The first kappa shape index (κ1) is 19.5. The number of anilines is 1. The lowest BCUT2D eigenvalue weighted by Crippen LogP contribution is -2.43. The van der Waals surface area contributed by atoms with Crippen molar-refractivity contribution in [2.45, 2.75) is 18.3 Å². The van der Waals surface area contributed by atoms with E-state index in [4.69, 9.17) is 4.42 Å². The molecule has 25 heavy (non-hydrogen) atoms. The molecule has 2 heterocycles. The zero-order valence-corrected chi connectivity index (χ0v) is 15.1. The van der Waals surface area contributed by atoms with Gasteiger partial charge in [0.05, 0.1) is 0 Å². The van der Waals surface area contributed by atoms with Crippen LogP contribution >= 0.6 is 24.8 Å². The van der Waals surface area contributed by atoms with Gasteiger partial charge < -0.3 is 14.6 Å². The molecule has 0 amide bonds. The number of nitrogens with zero attached hydrogens (tertiary/aromatic N) is 3. The fourth-order valence-corrected chi connectivity index (χ4v) is 3.22. The summed E-state index contributed by atoms with van der Waals surface area (Å²) < 4.78 is 19.3. The average molecular weight is 385 g/mol. The lowest BCUT2D eigenvalue weighted by Gasteiger charge is -2.26. The third-order valence-corrected chi connectivity index (χ3v) is 4.52. The fraction of sp³-hybridized carbons (Fsp3) is 0.412. The SMILES string of the molecule is Cl.Cl.N#Cc1nc(C2CC2c2cccc(F)c2)oc1N1CCNCC1. The molecule has 1 N–H and O–H groups in total. The van der Waals surface area contributed by atoms with Crippen molar-refractivity contribution < 1.29 is 8.81 Å². The van der Waals surface area contributed by atoms with E-state index >= 15 is 0 Å². The quantitative estimate of drug-likeness (QED) is 0.879. The molecule has 1 aromatic heterocycles. The summed E-state index contributed by atoms with van der Waals surface area (Å²) in [5.74, 6) is 1.32. The van der Waals surface area contributed by atoms with Gasteiger partial charge in [0.15, 0.2) is 0 Å². The summed E-state index contributed by atoms with van der Waals surface area (Å²) in [6.07, 6.45) is 0.885. The van der Waals surface area contributed by atoms with Gasteiger partial charge in [-0.3, -0.25) is 0 Å². The van der Waals surface area contributed by atoms with Crippen molar-refractivity contribution in [2.24, 2.45) is 0 Å². The Labute approximate surface area is 158 Å². The summed E-state index contributed by atoms with van der Waals surface area (Å²) in [5, 5.41) is 12.6. The maximum absolute atomic E-state index is 13.4. The Balaban J connectivity index is 0.00000113. The van der Waals surface area contributed by atoms with Gasteiger partial charge in [0.1, 0.15) is 11.9 Å². The number of aromatic nitrogens is 1. The van der Waals surface area contributed by atoms with E-state index < -0.39 is 0 Å². The minimum Gasteiger partial charge on any atom is -0.423 e. The Morgan fingerprint density at radius 1 is 1.24 bits per heavy atom. The second kappa shape index (κ2) is 8.05. The zero-order chi connectivity index (χ0) is 15.8. The maximum Gasteiger partial charge on any atom is 0.234 e. The Morgan fingerprint density at radius 3 is 2.68 bits per heavy atom. The van der Waals surface area contributed by atoms with E-state index in [1.54, 1.807) is 12.1 Å². The number of oxazole rings is 1. The van der Waals surface area contributed by atoms with Crippen molar-refractivity contribution in [1.29, 1.82) is 5.26 Å². The van der Waals surface area contributed by atoms with Gasteiger partial charge in [0.2, 0.25) is 17.5 Å². The molecule has 134 valence electrons. The second-order valence-electron chi connectivity index (χ2n) is 6.06. The fourth-order valence-electron chi connectivity index (χ4n) is 3.22. The molecule has 1 saturated carbocycles. The summed E-state index contributed by atoms with van der Waals surface area (Å²) >= 11 is 0. The van der Waals surface area contributed by atoms with E-state index in [9.17, 15) is 9.65 Å². The predicted molar refractivity (Wildman–Crippen MR) is 97.3 cm³/mol. The first-order valence-electron chi connectivity index (χ1n) is 7.88. The van der Waals surface area contributed by atoms with Crippen LogP contribution in [0.3, 0.4) is 0 Å². The smallest absolute Gasteiger partial charge is 0.234 e. The molecular formula is C17H19Cl2FN4O. The van der Waals surface area contributed by atoms with Crippen LogP contribution in [0.2, 0.25) is 0 Å². The summed E-state index contributed by atoms with van der Waals surface area (Å²) in [6, 6.07) is 8.80. The summed E-state index contributed by atoms with van der Waals surface area (Å²) in [5.41, 5.74) is 1.32. The lowest BCUT2D eigenvalue weighted by molar-refractivity contribution is 0.467. The van der Waals surface area contributed by atoms with Crippen LogP contribution < -0.4 is 10.2 Å². The third-order valence-electron chi connectivity index (χ3n) is 4.52. The van der Waals surface area contributed by atoms with Gasteiger partial charge in [-0.2, -0.15) is 5.26 Å². The number of nitrogens with one attached hydrogen (secondary N) is 1. The number of hydrogen-bond acceptors (Lipinski definition) is 5. The monoisotopic (exact) mass is 384 g/mol. The van der Waals surface area contributed by atoms with E-state index in [0.717, 1.165) is 38.2 Å². The summed E-state index contributed by atoms with van der Waals surface area (Å²) in [4.78, 5) is 6.44.